The fraction of sp³-hybridized carbons (Fsp3) is 0.158. The lowest BCUT2D eigenvalue weighted by Crippen LogP contribution is -1.97. The van der Waals surface area contributed by atoms with Gasteiger partial charge in [0.2, 0.25) is 0 Å². The summed E-state index contributed by atoms with van der Waals surface area (Å²) >= 11 is 0. The second kappa shape index (κ2) is 3.79. The van der Waals surface area contributed by atoms with E-state index in [1.807, 2.05) is 12.1 Å². The van der Waals surface area contributed by atoms with Crippen LogP contribution in [0.3, 0.4) is 0 Å². The smallest absolute Gasteiger partial charge is 0.177 e. The van der Waals surface area contributed by atoms with Gasteiger partial charge in [-0.25, -0.2) is 0 Å². The van der Waals surface area contributed by atoms with Crippen molar-refractivity contribution < 1.29 is 9.15 Å². The molecule has 0 saturated heterocycles. The standard InChI is InChI=1S/C19H14O2/c1-20-16-10-9-14-12-6-3-2-5-11(12)13-7-4-8-15-17(13)18(14)19(16)21-15/h2,4-5,7-10H,3,6H2,1H3. The highest BCUT2D eigenvalue weighted by Gasteiger charge is 2.22. The quantitative estimate of drug-likeness (QED) is 0.448. The van der Waals surface area contributed by atoms with E-state index < -0.39 is 0 Å². The van der Waals surface area contributed by atoms with Gasteiger partial charge in [-0.3, -0.25) is 0 Å². The first-order chi connectivity index (χ1) is 10.4. The first-order valence-corrected chi connectivity index (χ1v) is 7.31. The van der Waals surface area contributed by atoms with E-state index in [0.717, 1.165) is 29.8 Å². The van der Waals surface area contributed by atoms with Crippen molar-refractivity contribution >= 4 is 38.8 Å². The largest absolute Gasteiger partial charge is 0.493 e. The lowest BCUT2D eigenvalue weighted by atomic mass is 9.87. The van der Waals surface area contributed by atoms with Gasteiger partial charge in [-0.05, 0) is 46.9 Å². The lowest BCUT2D eigenvalue weighted by Gasteiger charge is -2.16. The zero-order valence-electron chi connectivity index (χ0n) is 11.8. The highest BCUT2D eigenvalue weighted by atomic mass is 16.5. The third-order valence-corrected chi connectivity index (χ3v) is 4.62. The fourth-order valence-electron chi connectivity index (χ4n) is 3.73. The Bertz CT molecular complexity index is 1020. The number of furan rings is 1. The minimum absolute atomic E-state index is 0.811. The van der Waals surface area contributed by atoms with Gasteiger partial charge in [0, 0.05) is 10.8 Å². The average molecular weight is 274 g/mol. The van der Waals surface area contributed by atoms with Gasteiger partial charge in [0.05, 0.1) is 7.11 Å². The van der Waals surface area contributed by atoms with E-state index >= 15 is 0 Å². The molecule has 1 heterocycles. The SMILES string of the molecule is COc1ccc2c3c(c4cccc5oc1c2c54)C=CCC3. The molecule has 0 amide bonds. The lowest BCUT2D eigenvalue weighted by molar-refractivity contribution is 0.412. The summed E-state index contributed by atoms with van der Waals surface area (Å²) in [4.78, 5) is 0. The van der Waals surface area contributed by atoms with E-state index in [-0.39, 0.29) is 0 Å². The van der Waals surface area contributed by atoms with Gasteiger partial charge in [-0.15, -0.1) is 0 Å². The molecule has 0 N–H and O–H groups in total. The molecule has 0 aliphatic heterocycles. The van der Waals surface area contributed by atoms with E-state index in [9.17, 15) is 0 Å². The molecule has 1 aliphatic carbocycles. The Morgan fingerprint density at radius 1 is 1.05 bits per heavy atom. The monoisotopic (exact) mass is 274 g/mol. The number of allylic oxidation sites excluding steroid dienone is 1. The number of hydrogen-bond acceptors (Lipinski definition) is 2. The number of fused-ring (bicyclic) bond motifs is 3. The summed E-state index contributed by atoms with van der Waals surface area (Å²) in [6.45, 7) is 0. The molecule has 5 rings (SSSR count). The summed E-state index contributed by atoms with van der Waals surface area (Å²) in [5, 5.41) is 5.04. The van der Waals surface area contributed by atoms with E-state index in [4.69, 9.17) is 9.15 Å². The second-order valence-corrected chi connectivity index (χ2v) is 5.63. The van der Waals surface area contributed by atoms with Crippen molar-refractivity contribution in [2.45, 2.75) is 12.8 Å². The minimum Gasteiger partial charge on any atom is -0.493 e. The molecule has 0 bridgehead atoms. The van der Waals surface area contributed by atoms with Crippen LogP contribution < -0.4 is 4.74 Å². The molecule has 0 atom stereocenters. The normalized spacial score (nSPS) is 14.3. The number of methoxy groups -OCH3 is 1. The van der Waals surface area contributed by atoms with Crippen LogP contribution in [0.2, 0.25) is 0 Å². The molecule has 1 aliphatic rings. The van der Waals surface area contributed by atoms with Crippen molar-refractivity contribution in [1.29, 1.82) is 0 Å². The summed E-state index contributed by atoms with van der Waals surface area (Å²) in [6, 6.07) is 10.5. The molecule has 3 aromatic carbocycles. The third kappa shape index (κ3) is 1.28. The van der Waals surface area contributed by atoms with E-state index in [1.165, 1.54) is 32.7 Å². The van der Waals surface area contributed by atoms with E-state index in [1.54, 1.807) is 7.11 Å². The van der Waals surface area contributed by atoms with Gasteiger partial charge < -0.3 is 9.15 Å². The fourth-order valence-corrected chi connectivity index (χ4v) is 3.73. The molecular weight excluding hydrogens is 260 g/mol. The van der Waals surface area contributed by atoms with Crippen LogP contribution in [-0.2, 0) is 6.42 Å². The first kappa shape index (κ1) is 11.2. The molecule has 0 radical (unpaired) electrons. The molecule has 0 unspecified atom stereocenters. The zero-order valence-corrected chi connectivity index (χ0v) is 11.8. The van der Waals surface area contributed by atoms with Crippen molar-refractivity contribution in [3.05, 3.63) is 47.5 Å². The number of hydrogen-bond donors (Lipinski definition) is 0. The second-order valence-electron chi connectivity index (χ2n) is 5.63. The van der Waals surface area contributed by atoms with Crippen molar-refractivity contribution in [3.63, 3.8) is 0 Å². The summed E-state index contributed by atoms with van der Waals surface area (Å²) in [5.41, 5.74) is 4.61. The van der Waals surface area contributed by atoms with Crippen LogP contribution in [0.25, 0.3) is 38.8 Å². The number of aryl methyl sites for hydroxylation is 1. The predicted octanol–water partition coefficient (Wildman–Crippen LogP) is 5.15. The van der Waals surface area contributed by atoms with Crippen molar-refractivity contribution in [3.8, 4) is 5.75 Å². The molecule has 0 spiro atoms. The summed E-state index contributed by atoms with van der Waals surface area (Å²) in [5.74, 6) is 0.811. The van der Waals surface area contributed by atoms with Crippen molar-refractivity contribution in [1.82, 2.24) is 0 Å². The molecule has 21 heavy (non-hydrogen) atoms. The van der Waals surface area contributed by atoms with Crippen LogP contribution in [0.1, 0.15) is 17.5 Å². The number of benzene rings is 3. The maximum atomic E-state index is 6.11. The van der Waals surface area contributed by atoms with Crippen LogP contribution in [-0.4, -0.2) is 7.11 Å². The maximum Gasteiger partial charge on any atom is 0.177 e. The summed E-state index contributed by atoms with van der Waals surface area (Å²) in [7, 11) is 1.70. The Hall–Kier alpha value is -2.48. The molecule has 2 nitrogen and oxygen atoms in total. The third-order valence-electron chi connectivity index (χ3n) is 4.62. The Kier molecular flexibility index (Phi) is 2.02. The highest BCUT2D eigenvalue weighted by Crippen LogP contribution is 2.45. The van der Waals surface area contributed by atoms with E-state index in [0.29, 0.717) is 0 Å². The van der Waals surface area contributed by atoms with Crippen LogP contribution >= 0.6 is 0 Å². The minimum atomic E-state index is 0.811. The topological polar surface area (TPSA) is 22.4 Å². The van der Waals surface area contributed by atoms with Gasteiger partial charge in [0.1, 0.15) is 5.58 Å². The molecule has 4 aromatic rings. The average Bonchev–Trinajstić information content (AvgIpc) is 2.94. The van der Waals surface area contributed by atoms with Crippen LogP contribution in [0, 0.1) is 0 Å². The van der Waals surface area contributed by atoms with Crippen molar-refractivity contribution in [2.24, 2.45) is 0 Å². The highest BCUT2D eigenvalue weighted by molar-refractivity contribution is 6.25. The zero-order chi connectivity index (χ0) is 14.0. The molecule has 2 heteroatoms. The molecule has 0 fully saturated rings. The Labute approximate surface area is 121 Å². The van der Waals surface area contributed by atoms with Gasteiger partial charge >= 0.3 is 0 Å². The molecule has 1 aromatic heterocycles. The summed E-state index contributed by atoms with van der Waals surface area (Å²) < 4.78 is 11.6. The molecular formula is C19H14O2. The van der Waals surface area contributed by atoms with Crippen molar-refractivity contribution in [2.75, 3.05) is 7.11 Å². The first-order valence-electron chi connectivity index (χ1n) is 7.31. The Balaban J connectivity index is 2.16. The molecule has 0 saturated carbocycles. The van der Waals surface area contributed by atoms with Gasteiger partial charge in [-0.1, -0.05) is 30.4 Å². The Morgan fingerprint density at radius 3 is 2.90 bits per heavy atom. The van der Waals surface area contributed by atoms with Gasteiger partial charge in [0.15, 0.2) is 11.3 Å². The van der Waals surface area contributed by atoms with E-state index in [2.05, 4.69) is 30.4 Å². The van der Waals surface area contributed by atoms with Gasteiger partial charge in [0.25, 0.3) is 0 Å². The number of rotatable bonds is 1. The van der Waals surface area contributed by atoms with Crippen LogP contribution in [0.15, 0.2) is 40.8 Å². The summed E-state index contributed by atoms with van der Waals surface area (Å²) in [6.07, 6.45) is 6.73. The number of ether oxygens (including phenoxy) is 1. The van der Waals surface area contributed by atoms with Crippen LogP contribution in [0.4, 0.5) is 0 Å². The Morgan fingerprint density at radius 2 is 2.00 bits per heavy atom. The predicted molar refractivity (Wildman–Crippen MR) is 86.3 cm³/mol. The molecule has 102 valence electrons. The van der Waals surface area contributed by atoms with Gasteiger partial charge in [-0.2, -0.15) is 0 Å². The maximum absolute atomic E-state index is 6.11. The van der Waals surface area contributed by atoms with Crippen LogP contribution in [0.5, 0.6) is 5.75 Å².